The average molecular weight is 447 g/mol. The first-order chi connectivity index (χ1) is 13.9. The summed E-state index contributed by atoms with van der Waals surface area (Å²) >= 11 is 12.3. The number of hydrogen-bond donors (Lipinski definition) is 1. The lowest BCUT2D eigenvalue weighted by atomic mass is 10.2. The number of nitrogens with one attached hydrogen (secondary N) is 1. The van der Waals surface area contributed by atoms with Gasteiger partial charge >= 0.3 is 0 Å². The summed E-state index contributed by atoms with van der Waals surface area (Å²) in [6.07, 6.45) is 1.46. The molecule has 3 aromatic carbocycles. The van der Waals surface area contributed by atoms with E-state index in [4.69, 9.17) is 32.7 Å². The predicted octanol–water partition coefficient (Wildman–Crippen LogP) is 5.91. The average Bonchev–Trinajstić information content (AvgIpc) is 3.15. The van der Waals surface area contributed by atoms with Crippen molar-refractivity contribution in [2.45, 2.75) is 9.79 Å². The van der Waals surface area contributed by atoms with Gasteiger partial charge in [0.05, 0.1) is 26.9 Å². The fourth-order valence-electron chi connectivity index (χ4n) is 2.89. The van der Waals surface area contributed by atoms with Crippen molar-refractivity contribution in [3.8, 4) is 17.2 Å². The van der Waals surface area contributed by atoms with Gasteiger partial charge in [0.25, 0.3) is 0 Å². The van der Waals surface area contributed by atoms with Crippen molar-refractivity contribution in [3.05, 3.63) is 76.9 Å². The van der Waals surface area contributed by atoms with Gasteiger partial charge in [-0.2, -0.15) is 0 Å². The molecule has 0 aliphatic heterocycles. The number of rotatable bonds is 5. The number of methoxy groups -OCH3 is 1. The molecule has 0 fully saturated rings. The Morgan fingerprint density at radius 2 is 1.62 bits per heavy atom. The Bertz CT molecular complexity index is 1280. The summed E-state index contributed by atoms with van der Waals surface area (Å²) in [7, 11) is -2.23. The Morgan fingerprint density at radius 3 is 2.28 bits per heavy atom. The second-order valence-electron chi connectivity index (χ2n) is 6.12. The van der Waals surface area contributed by atoms with Crippen LogP contribution in [0.3, 0.4) is 0 Å². The van der Waals surface area contributed by atoms with Gasteiger partial charge in [0.1, 0.15) is 11.5 Å². The van der Waals surface area contributed by atoms with E-state index in [2.05, 4.69) is 11.1 Å². The van der Waals surface area contributed by atoms with Crippen molar-refractivity contribution < 1.29 is 17.9 Å². The van der Waals surface area contributed by atoms with Crippen molar-refractivity contribution >= 4 is 43.9 Å². The third kappa shape index (κ3) is 3.67. The molecule has 147 valence electrons. The number of aromatic amines is 1. The molecule has 0 saturated heterocycles. The van der Waals surface area contributed by atoms with Crippen LogP contribution in [0.4, 0.5) is 0 Å². The summed E-state index contributed by atoms with van der Waals surface area (Å²) in [6, 6.07) is 17.2. The molecule has 1 heterocycles. The van der Waals surface area contributed by atoms with Gasteiger partial charge < -0.3 is 14.5 Å². The van der Waals surface area contributed by atoms with Crippen LogP contribution in [0.25, 0.3) is 10.9 Å². The predicted molar refractivity (Wildman–Crippen MR) is 112 cm³/mol. The maximum Gasteiger partial charge on any atom is 0.208 e. The lowest BCUT2D eigenvalue weighted by Crippen LogP contribution is -2.01. The number of aromatic nitrogens is 1. The molecule has 8 heteroatoms. The van der Waals surface area contributed by atoms with Gasteiger partial charge in [-0.1, -0.05) is 23.2 Å². The first kappa shape index (κ1) is 19.6. The van der Waals surface area contributed by atoms with E-state index in [0.29, 0.717) is 32.4 Å². The molecule has 0 unspecified atom stereocenters. The fourth-order valence-corrected chi connectivity index (χ4v) is 4.77. The first-order valence-corrected chi connectivity index (χ1v) is 10.7. The van der Waals surface area contributed by atoms with Crippen LogP contribution in [0, 0.1) is 6.07 Å². The van der Waals surface area contributed by atoms with Crippen LogP contribution in [0.15, 0.2) is 70.6 Å². The molecule has 0 amide bonds. The monoisotopic (exact) mass is 446 g/mol. The smallest absolute Gasteiger partial charge is 0.208 e. The van der Waals surface area contributed by atoms with Gasteiger partial charge in [-0.3, -0.25) is 0 Å². The van der Waals surface area contributed by atoms with Gasteiger partial charge in [0, 0.05) is 17.1 Å². The summed E-state index contributed by atoms with van der Waals surface area (Å²) in [5.74, 6) is 1.26. The normalized spacial score (nSPS) is 11.6. The van der Waals surface area contributed by atoms with Crippen LogP contribution >= 0.6 is 23.2 Å². The van der Waals surface area contributed by atoms with E-state index in [1.165, 1.54) is 37.6 Å². The second kappa shape index (κ2) is 7.63. The van der Waals surface area contributed by atoms with Gasteiger partial charge in [-0.25, -0.2) is 8.42 Å². The highest BCUT2D eigenvalue weighted by atomic mass is 35.5. The molecule has 0 spiro atoms. The molecule has 29 heavy (non-hydrogen) atoms. The van der Waals surface area contributed by atoms with Crippen molar-refractivity contribution in [1.82, 2.24) is 4.98 Å². The van der Waals surface area contributed by atoms with Crippen molar-refractivity contribution in [2.75, 3.05) is 7.11 Å². The van der Waals surface area contributed by atoms with Gasteiger partial charge in [-0.05, 0) is 60.7 Å². The summed E-state index contributed by atoms with van der Waals surface area (Å²) in [4.78, 5) is 3.29. The summed E-state index contributed by atoms with van der Waals surface area (Å²) in [5, 5.41) is 1.10. The molecule has 0 aliphatic carbocycles. The zero-order valence-electron chi connectivity index (χ0n) is 15.1. The van der Waals surface area contributed by atoms with Crippen LogP contribution in [-0.2, 0) is 9.84 Å². The van der Waals surface area contributed by atoms with E-state index >= 15 is 0 Å². The molecular formula is C21H14Cl2NO4S. The Kier molecular flexibility index (Phi) is 5.17. The standard InChI is InChI=1S/C21H14Cl2NO4S/c1-27-13-5-8-15(9-6-13)29(25,26)20-12-24-19-10-7-14(11-16(19)20)28-21-17(22)3-2-4-18(21)23/h3-12,24H,1H3. The maximum atomic E-state index is 13.1. The van der Waals surface area contributed by atoms with Crippen molar-refractivity contribution in [3.63, 3.8) is 0 Å². The third-order valence-corrected chi connectivity index (χ3v) is 6.72. The van der Waals surface area contributed by atoms with Crippen LogP contribution in [0.5, 0.6) is 17.2 Å². The largest absolute Gasteiger partial charge is 0.497 e. The quantitative estimate of drug-likeness (QED) is 0.413. The van der Waals surface area contributed by atoms with Gasteiger partial charge in [0.2, 0.25) is 9.84 Å². The Morgan fingerprint density at radius 1 is 0.966 bits per heavy atom. The number of hydrogen-bond acceptors (Lipinski definition) is 4. The number of halogens is 2. The molecule has 4 rings (SSSR count). The minimum atomic E-state index is -3.75. The summed E-state index contributed by atoms with van der Waals surface area (Å²) in [6.45, 7) is 0. The molecule has 4 aromatic rings. The zero-order valence-corrected chi connectivity index (χ0v) is 17.4. The Labute approximate surface area is 177 Å². The van der Waals surface area contributed by atoms with Crippen LogP contribution < -0.4 is 9.47 Å². The Hall–Kier alpha value is -2.67. The maximum absolute atomic E-state index is 13.1. The molecular weight excluding hydrogens is 433 g/mol. The third-order valence-electron chi connectivity index (χ3n) is 4.35. The zero-order chi connectivity index (χ0) is 20.6. The highest BCUT2D eigenvalue weighted by Gasteiger charge is 2.22. The molecule has 1 radical (unpaired) electrons. The van der Waals surface area contributed by atoms with Gasteiger partial charge in [-0.15, -0.1) is 0 Å². The first-order valence-electron chi connectivity index (χ1n) is 8.43. The van der Waals surface area contributed by atoms with Crippen molar-refractivity contribution in [1.29, 1.82) is 0 Å². The topological polar surface area (TPSA) is 68.4 Å². The second-order valence-corrected chi connectivity index (χ2v) is 8.85. The van der Waals surface area contributed by atoms with Gasteiger partial charge in [0.15, 0.2) is 5.75 Å². The number of fused-ring (bicyclic) bond motifs is 1. The lowest BCUT2D eigenvalue weighted by Gasteiger charge is -2.10. The van der Waals surface area contributed by atoms with E-state index in [1.54, 1.807) is 30.3 Å². The number of benzene rings is 3. The van der Waals surface area contributed by atoms with E-state index in [-0.39, 0.29) is 15.5 Å². The number of H-pyrrole nitrogens is 1. The minimum Gasteiger partial charge on any atom is -0.497 e. The molecule has 0 saturated carbocycles. The SMILES string of the molecule is COc1ccc(S(=O)(=O)c2c[nH]c3ccc(Oc4c(Cl)c[c]cc4Cl)cc23)cc1. The van der Waals surface area contributed by atoms with Crippen LogP contribution in [-0.4, -0.2) is 20.5 Å². The minimum absolute atomic E-state index is 0.140. The number of ether oxygens (including phenoxy) is 2. The lowest BCUT2D eigenvalue weighted by molar-refractivity contribution is 0.414. The Balaban J connectivity index is 1.77. The fraction of sp³-hybridized carbons (Fsp3) is 0.0476. The number of sulfone groups is 1. The van der Waals surface area contributed by atoms with E-state index in [1.807, 2.05) is 0 Å². The van der Waals surface area contributed by atoms with Crippen LogP contribution in [0.2, 0.25) is 10.0 Å². The van der Waals surface area contributed by atoms with E-state index < -0.39 is 9.84 Å². The molecule has 0 aliphatic rings. The molecule has 0 atom stereocenters. The molecule has 1 N–H and O–H groups in total. The van der Waals surface area contributed by atoms with Crippen LogP contribution in [0.1, 0.15) is 0 Å². The highest BCUT2D eigenvalue weighted by Crippen LogP contribution is 2.38. The highest BCUT2D eigenvalue weighted by molar-refractivity contribution is 7.91. The molecule has 5 nitrogen and oxygen atoms in total. The molecule has 0 bridgehead atoms. The van der Waals surface area contributed by atoms with E-state index in [0.717, 1.165) is 0 Å². The molecule has 1 aromatic heterocycles. The summed E-state index contributed by atoms with van der Waals surface area (Å²) < 4.78 is 37.2. The van der Waals surface area contributed by atoms with E-state index in [9.17, 15) is 8.42 Å². The summed E-state index contributed by atoms with van der Waals surface area (Å²) in [5.41, 5.74) is 0.656. The van der Waals surface area contributed by atoms with Crippen molar-refractivity contribution in [2.24, 2.45) is 0 Å².